The van der Waals surface area contributed by atoms with Gasteiger partial charge in [0.1, 0.15) is 0 Å². The molecule has 6 nitrogen and oxygen atoms in total. The number of aliphatic carboxylic acids is 1. The zero-order chi connectivity index (χ0) is 19.9. The van der Waals surface area contributed by atoms with Crippen LogP contribution in [-0.2, 0) is 16.1 Å². The fourth-order valence-corrected chi connectivity index (χ4v) is 4.57. The topological polar surface area (TPSA) is 64.1 Å². The van der Waals surface area contributed by atoms with E-state index in [1.165, 1.54) is 5.56 Å². The first-order valence-corrected chi connectivity index (χ1v) is 10.5. The Morgan fingerprint density at radius 3 is 2.57 bits per heavy atom. The molecule has 0 spiro atoms. The molecular weight excluding hydrogens is 354 g/mol. The maximum Gasteiger partial charge on any atom is 0.317 e. The van der Waals surface area contributed by atoms with Gasteiger partial charge in [0, 0.05) is 25.7 Å². The van der Waals surface area contributed by atoms with Crippen molar-refractivity contribution in [2.24, 2.45) is 0 Å². The fraction of sp³-hybridized carbons (Fsp3) is 0.636. The number of likely N-dealkylation sites (N-methyl/N-ethyl adjacent to an activating group) is 1. The average molecular weight is 388 g/mol. The Kier molecular flexibility index (Phi) is 7.45. The summed E-state index contributed by atoms with van der Waals surface area (Å²) in [7, 11) is 1.87. The lowest BCUT2D eigenvalue weighted by Crippen LogP contribution is -2.51. The van der Waals surface area contributed by atoms with E-state index in [1.54, 1.807) is 0 Å². The summed E-state index contributed by atoms with van der Waals surface area (Å²) in [5.74, 6) is -0.532. The van der Waals surface area contributed by atoms with Crippen LogP contribution in [0.15, 0.2) is 30.3 Å². The Hall–Kier alpha value is -1.92. The van der Waals surface area contributed by atoms with Crippen LogP contribution in [-0.4, -0.2) is 77.0 Å². The van der Waals surface area contributed by atoms with E-state index in [1.807, 2.05) is 22.9 Å². The number of benzene rings is 1. The summed E-state index contributed by atoms with van der Waals surface area (Å²) in [5.41, 5.74) is 1.26. The van der Waals surface area contributed by atoms with Gasteiger partial charge in [-0.1, -0.05) is 36.8 Å². The number of piperidine rings is 1. The van der Waals surface area contributed by atoms with Crippen molar-refractivity contribution >= 4 is 11.9 Å². The lowest BCUT2D eigenvalue weighted by Gasteiger charge is -2.37. The summed E-state index contributed by atoms with van der Waals surface area (Å²) in [4.78, 5) is 30.6. The SMILES string of the molecule is CN(CC(=O)O)C1CCCN(C(=O)C2CCCCN2Cc2ccccc2)CC1. The van der Waals surface area contributed by atoms with E-state index in [0.717, 1.165) is 64.7 Å². The molecule has 2 saturated heterocycles. The molecule has 0 aliphatic carbocycles. The second kappa shape index (κ2) is 10.0. The number of nitrogens with zero attached hydrogens (tertiary/aromatic N) is 3. The molecule has 2 aliphatic rings. The second-order valence-corrected chi connectivity index (χ2v) is 8.19. The number of carboxylic acid groups (broad SMARTS) is 1. The molecule has 2 fully saturated rings. The first kappa shape index (κ1) is 20.8. The van der Waals surface area contributed by atoms with Crippen LogP contribution in [0.5, 0.6) is 0 Å². The van der Waals surface area contributed by atoms with Crippen molar-refractivity contribution in [1.29, 1.82) is 0 Å². The molecule has 1 N–H and O–H groups in total. The van der Waals surface area contributed by atoms with E-state index in [-0.39, 0.29) is 24.5 Å². The molecule has 1 aromatic rings. The molecule has 2 atom stereocenters. The number of rotatable bonds is 6. The van der Waals surface area contributed by atoms with Gasteiger partial charge in [-0.15, -0.1) is 0 Å². The third kappa shape index (κ3) is 5.55. The first-order valence-electron chi connectivity index (χ1n) is 10.5. The molecule has 6 heteroatoms. The van der Waals surface area contributed by atoms with Crippen LogP contribution in [0.1, 0.15) is 44.1 Å². The van der Waals surface area contributed by atoms with Gasteiger partial charge in [0.05, 0.1) is 12.6 Å². The van der Waals surface area contributed by atoms with Crippen LogP contribution in [0.4, 0.5) is 0 Å². The Labute approximate surface area is 168 Å². The average Bonchev–Trinajstić information content (AvgIpc) is 2.94. The molecule has 0 radical (unpaired) electrons. The lowest BCUT2D eigenvalue weighted by atomic mass is 9.99. The number of amides is 1. The van der Waals surface area contributed by atoms with E-state index in [4.69, 9.17) is 5.11 Å². The summed E-state index contributed by atoms with van der Waals surface area (Å²) in [5, 5.41) is 9.03. The second-order valence-electron chi connectivity index (χ2n) is 8.19. The molecule has 1 amide bonds. The smallest absolute Gasteiger partial charge is 0.317 e. The van der Waals surface area contributed by atoms with Crippen molar-refractivity contribution in [1.82, 2.24) is 14.7 Å². The highest BCUT2D eigenvalue weighted by atomic mass is 16.4. The number of hydrogen-bond donors (Lipinski definition) is 1. The van der Waals surface area contributed by atoms with Gasteiger partial charge in [0.15, 0.2) is 0 Å². The van der Waals surface area contributed by atoms with Gasteiger partial charge in [-0.3, -0.25) is 19.4 Å². The Morgan fingerprint density at radius 2 is 1.82 bits per heavy atom. The van der Waals surface area contributed by atoms with E-state index in [0.29, 0.717) is 0 Å². The quantitative estimate of drug-likeness (QED) is 0.812. The highest BCUT2D eigenvalue weighted by Gasteiger charge is 2.33. The molecule has 0 bridgehead atoms. The third-order valence-corrected chi connectivity index (χ3v) is 6.14. The molecule has 2 aliphatic heterocycles. The van der Waals surface area contributed by atoms with E-state index < -0.39 is 5.97 Å². The Bertz CT molecular complexity index is 652. The zero-order valence-electron chi connectivity index (χ0n) is 16.9. The molecule has 0 aromatic heterocycles. The molecule has 0 saturated carbocycles. The van der Waals surface area contributed by atoms with Crippen molar-refractivity contribution in [2.45, 2.75) is 57.2 Å². The van der Waals surface area contributed by atoms with Crippen LogP contribution in [0.25, 0.3) is 0 Å². The highest BCUT2D eigenvalue weighted by Crippen LogP contribution is 2.23. The number of likely N-dealkylation sites (tertiary alicyclic amines) is 2. The maximum atomic E-state index is 13.3. The number of carboxylic acids is 1. The van der Waals surface area contributed by atoms with Crippen molar-refractivity contribution in [3.05, 3.63) is 35.9 Å². The summed E-state index contributed by atoms with van der Waals surface area (Å²) in [6.07, 6.45) is 5.93. The van der Waals surface area contributed by atoms with E-state index in [2.05, 4.69) is 29.2 Å². The van der Waals surface area contributed by atoms with Crippen molar-refractivity contribution in [3.8, 4) is 0 Å². The minimum Gasteiger partial charge on any atom is -0.480 e. The fourth-order valence-electron chi connectivity index (χ4n) is 4.57. The molecular formula is C22H33N3O3. The van der Waals surface area contributed by atoms with Gasteiger partial charge < -0.3 is 10.0 Å². The minimum atomic E-state index is -0.793. The zero-order valence-corrected chi connectivity index (χ0v) is 16.9. The van der Waals surface area contributed by atoms with Crippen molar-refractivity contribution in [3.63, 3.8) is 0 Å². The molecule has 154 valence electrons. The third-order valence-electron chi connectivity index (χ3n) is 6.14. The molecule has 1 aromatic carbocycles. The molecule has 28 heavy (non-hydrogen) atoms. The summed E-state index contributed by atoms with van der Waals surface area (Å²) in [6, 6.07) is 10.6. The molecule has 2 heterocycles. The van der Waals surface area contributed by atoms with Crippen LogP contribution in [0.2, 0.25) is 0 Å². The first-order chi connectivity index (χ1) is 13.5. The van der Waals surface area contributed by atoms with Gasteiger partial charge in [0.2, 0.25) is 5.91 Å². The standard InChI is InChI=1S/C22H33N3O3/c1-23(17-21(26)27)19-10-7-14-24(15-12-19)22(28)20-11-5-6-13-25(20)16-18-8-3-2-4-9-18/h2-4,8-9,19-20H,5-7,10-17H2,1H3,(H,26,27). The highest BCUT2D eigenvalue weighted by molar-refractivity contribution is 5.82. The predicted molar refractivity (Wildman–Crippen MR) is 109 cm³/mol. The monoisotopic (exact) mass is 387 g/mol. The number of carbonyl (C=O) groups excluding carboxylic acids is 1. The van der Waals surface area contributed by atoms with Crippen molar-refractivity contribution < 1.29 is 14.7 Å². The van der Waals surface area contributed by atoms with Crippen LogP contribution in [0.3, 0.4) is 0 Å². The maximum absolute atomic E-state index is 13.3. The number of carbonyl (C=O) groups is 2. The molecule has 2 unspecified atom stereocenters. The van der Waals surface area contributed by atoms with Gasteiger partial charge >= 0.3 is 5.97 Å². The predicted octanol–water partition coefficient (Wildman–Crippen LogP) is 2.44. The van der Waals surface area contributed by atoms with Gasteiger partial charge in [-0.25, -0.2) is 0 Å². The van der Waals surface area contributed by atoms with Crippen LogP contribution >= 0.6 is 0 Å². The van der Waals surface area contributed by atoms with E-state index in [9.17, 15) is 9.59 Å². The lowest BCUT2D eigenvalue weighted by molar-refractivity contribution is -0.140. The Morgan fingerprint density at radius 1 is 1.04 bits per heavy atom. The normalized spacial score (nSPS) is 24.1. The Balaban J connectivity index is 1.60. The summed E-state index contributed by atoms with van der Waals surface area (Å²) >= 11 is 0. The summed E-state index contributed by atoms with van der Waals surface area (Å²) < 4.78 is 0. The van der Waals surface area contributed by atoms with Crippen molar-refractivity contribution in [2.75, 3.05) is 33.2 Å². The van der Waals surface area contributed by atoms with Gasteiger partial charge in [-0.05, 0) is 51.3 Å². The van der Waals surface area contributed by atoms with Gasteiger partial charge in [-0.2, -0.15) is 0 Å². The number of hydrogen-bond acceptors (Lipinski definition) is 4. The molecule has 3 rings (SSSR count). The largest absolute Gasteiger partial charge is 0.480 e. The van der Waals surface area contributed by atoms with E-state index >= 15 is 0 Å². The van der Waals surface area contributed by atoms with Crippen LogP contribution < -0.4 is 0 Å². The van der Waals surface area contributed by atoms with Gasteiger partial charge in [0.25, 0.3) is 0 Å². The summed E-state index contributed by atoms with van der Waals surface area (Å²) in [6.45, 7) is 3.37. The minimum absolute atomic E-state index is 0.0257. The van der Waals surface area contributed by atoms with Crippen LogP contribution in [0, 0.1) is 0 Å².